The topological polar surface area (TPSA) is 74.8 Å². The number of aromatic nitrogens is 2. The van der Waals surface area contributed by atoms with E-state index in [9.17, 15) is 4.79 Å². The van der Waals surface area contributed by atoms with Gasteiger partial charge in [0, 0.05) is 18.8 Å². The Morgan fingerprint density at radius 2 is 1.93 bits per heavy atom. The third-order valence-electron chi connectivity index (χ3n) is 1.11. The minimum atomic E-state index is -0.128. The van der Waals surface area contributed by atoms with E-state index in [2.05, 4.69) is 15.3 Å². The number of carbonyl (C=O) groups excluding carboxylic acids is 1. The Balaban J connectivity index is 0. The average Bonchev–Trinajstić information content (AvgIpc) is 2.22. The van der Waals surface area contributed by atoms with E-state index in [0.29, 0.717) is 11.6 Å². The summed E-state index contributed by atoms with van der Waals surface area (Å²) in [4.78, 5) is 25.2. The molecule has 0 aliphatic carbocycles. The van der Waals surface area contributed by atoms with Crippen molar-refractivity contribution in [3.05, 3.63) is 22.1 Å². The Hall–Kier alpha value is -1.65. The first-order valence-corrected chi connectivity index (χ1v) is 4.27. The van der Waals surface area contributed by atoms with Gasteiger partial charge in [0.2, 0.25) is 5.95 Å². The molecular formula is C9H17N3O2. The second-order valence-corrected chi connectivity index (χ2v) is 1.99. The van der Waals surface area contributed by atoms with Gasteiger partial charge in [-0.05, 0) is 6.92 Å². The molecular weight excluding hydrogens is 182 g/mol. The number of hydrogen-bond acceptors (Lipinski definition) is 4. The van der Waals surface area contributed by atoms with Crippen LogP contribution in [0.5, 0.6) is 0 Å². The molecule has 1 rings (SSSR count). The molecule has 0 fully saturated rings. The van der Waals surface area contributed by atoms with Crippen molar-refractivity contribution in [1.29, 1.82) is 0 Å². The van der Waals surface area contributed by atoms with Gasteiger partial charge in [0.15, 0.2) is 0 Å². The van der Waals surface area contributed by atoms with Gasteiger partial charge in [0.05, 0.1) is 0 Å². The molecule has 0 saturated carbocycles. The van der Waals surface area contributed by atoms with Crippen molar-refractivity contribution in [3.63, 3.8) is 0 Å². The molecule has 0 bridgehead atoms. The van der Waals surface area contributed by atoms with Crippen molar-refractivity contribution in [3.8, 4) is 0 Å². The van der Waals surface area contributed by atoms with Crippen molar-refractivity contribution in [1.82, 2.24) is 9.97 Å². The predicted octanol–water partition coefficient (Wildman–Crippen LogP) is 0.961. The average molecular weight is 199 g/mol. The number of aryl methyl sites for hydroxylation is 1. The second kappa shape index (κ2) is 9.44. The molecule has 0 aliphatic heterocycles. The van der Waals surface area contributed by atoms with E-state index in [1.165, 1.54) is 6.07 Å². The molecule has 1 aromatic heterocycles. The van der Waals surface area contributed by atoms with Crippen LogP contribution < -0.4 is 10.9 Å². The highest BCUT2D eigenvalue weighted by Crippen LogP contribution is 1.91. The zero-order chi connectivity index (χ0) is 11.6. The number of anilines is 1. The molecule has 0 aromatic carbocycles. The van der Waals surface area contributed by atoms with E-state index in [4.69, 9.17) is 4.79 Å². The van der Waals surface area contributed by atoms with Crippen LogP contribution in [0.3, 0.4) is 0 Å². The van der Waals surface area contributed by atoms with Crippen LogP contribution in [0.25, 0.3) is 0 Å². The summed E-state index contributed by atoms with van der Waals surface area (Å²) in [5, 5.41) is 2.74. The number of aromatic amines is 1. The Morgan fingerprint density at radius 1 is 1.43 bits per heavy atom. The third kappa shape index (κ3) is 5.93. The van der Waals surface area contributed by atoms with Gasteiger partial charge in [-0.25, -0.2) is 4.98 Å². The number of rotatable bonds is 1. The van der Waals surface area contributed by atoms with Gasteiger partial charge in [-0.2, -0.15) is 0 Å². The minimum Gasteiger partial charge on any atom is -0.359 e. The largest absolute Gasteiger partial charge is 0.359 e. The van der Waals surface area contributed by atoms with Crippen molar-refractivity contribution in [2.45, 2.75) is 20.8 Å². The van der Waals surface area contributed by atoms with E-state index in [1.807, 2.05) is 20.6 Å². The van der Waals surface area contributed by atoms with Crippen molar-refractivity contribution in [2.24, 2.45) is 0 Å². The van der Waals surface area contributed by atoms with Crippen LogP contribution in [-0.2, 0) is 4.79 Å². The molecule has 14 heavy (non-hydrogen) atoms. The molecule has 0 aliphatic rings. The van der Waals surface area contributed by atoms with E-state index in [1.54, 1.807) is 14.0 Å². The maximum atomic E-state index is 10.7. The van der Waals surface area contributed by atoms with E-state index in [0.717, 1.165) is 0 Å². The Labute approximate surface area is 83.6 Å². The fourth-order valence-corrected chi connectivity index (χ4v) is 0.697. The maximum absolute atomic E-state index is 10.7. The Morgan fingerprint density at radius 3 is 2.29 bits per heavy atom. The van der Waals surface area contributed by atoms with Crippen LogP contribution in [-0.4, -0.2) is 23.8 Å². The summed E-state index contributed by atoms with van der Waals surface area (Å²) < 4.78 is 0. The third-order valence-corrected chi connectivity index (χ3v) is 1.11. The zero-order valence-corrected chi connectivity index (χ0v) is 9.05. The first-order valence-electron chi connectivity index (χ1n) is 4.27. The number of hydrogen-bond donors (Lipinski definition) is 2. The molecule has 0 radical (unpaired) electrons. The lowest BCUT2D eigenvalue weighted by Gasteiger charge is -1.97. The summed E-state index contributed by atoms with van der Waals surface area (Å²) in [6.45, 7) is 7.77. The molecule has 5 nitrogen and oxygen atoms in total. The molecule has 2 N–H and O–H groups in total. The normalized spacial score (nSPS) is 7.43. The summed E-state index contributed by atoms with van der Waals surface area (Å²) in [7, 11) is 1.71. The van der Waals surface area contributed by atoms with Gasteiger partial charge in [-0.15, -0.1) is 0 Å². The summed E-state index contributed by atoms with van der Waals surface area (Å²) in [6, 6.07) is 1.45. The maximum Gasteiger partial charge on any atom is 0.252 e. The van der Waals surface area contributed by atoms with Gasteiger partial charge in [-0.1, -0.05) is 13.8 Å². The monoisotopic (exact) mass is 199 g/mol. The van der Waals surface area contributed by atoms with Crippen molar-refractivity contribution < 1.29 is 4.79 Å². The van der Waals surface area contributed by atoms with Crippen LogP contribution in [0.15, 0.2) is 10.9 Å². The standard InChI is InChI=1S/C6H9N3O.C2H6.CH2O/c1-4-3-5(10)9-6(7-2)8-4;2*1-2/h3H,1-2H3,(H2,7,8,9,10);1-2H3;1H2. The van der Waals surface area contributed by atoms with E-state index in [-0.39, 0.29) is 5.56 Å². The minimum absolute atomic E-state index is 0.128. The number of nitrogens with zero attached hydrogens (tertiary/aromatic N) is 1. The van der Waals surface area contributed by atoms with Gasteiger partial charge in [0.1, 0.15) is 6.79 Å². The molecule has 80 valence electrons. The van der Waals surface area contributed by atoms with Gasteiger partial charge in [0.25, 0.3) is 5.56 Å². The lowest BCUT2D eigenvalue weighted by atomic mass is 10.4. The predicted molar refractivity (Wildman–Crippen MR) is 57.6 cm³/mol. The smallest absolute Gasteiger partial charge is 0.252 e. The van der Waals surface area contributed by atoms with Crippen LogP contribution in [0.2, 0.25) is 0 Å². The van der Waals surface area contributed by atoms with Crippen LogP contribution in [0.4, 0.5) is 5.95 Å². The first kappa shape index (κ1) is 14.9. The molecule has 0 saturated heterocycles. The number of nitrogens with one attached hydrogen (secondary N) is 2. The second-order valence-electron chi connectivity index (χ2n) is 1.99. The fourth-order valence-electron chi connectivity index (χ4n) is 0.697. The molecule has 0 amide bonds. The number of carbonyl (C=O) groups is 1. The molecule has 0 unspecified atom stereocenters. The highest BCUT2D eigenvalue weighted by Gasteiger charge is 1.91. The SMILES string of the molecule is C=O.CC.CNc1nc(C)cc(=O)[nH]1. The summed E-state index contributed by atoms with van der Waals surface area (Å²) in [5.41, 5.74) is 0.588. The van der Waals surface area contributed by atoms with Crippen LogP contribution in [0.1, 0.15) is 19.5 Å². The van der Waals surface area contributed by atoms with Crippen molar-refractivity contribution >= 4 is 12.7 Å². The summed E-state index contributed by atoms with van der Waals surface area (Å²) in [5.74, 6) is 0.505. The highest BCUT2D eigenvalue weighted by molar-refractivity contribution is 5.22. The lowest BCUT2D eigenvalue weighted by Crippen LogP contribution is -2.10. The fraction of sp³-hybridized carbons (Fsp3) is 0.444. The Kier molecular flexibility index (Phi) is 10.0. The van der Waals surface area contributed by atoms with Crippen LogP contribution in [0, 0.1) is 6.92 Å². The zero-order valence-electron chi connectivity index (χ0n) is 9.05. The molecule has 1 heterocycles. The highest BCUT2D eigenvalue weighted by atomic mass is 16.1. The van der Waals surface area contributed by atoms with Gasteiger partial charge < -0.3 is 10.1 Å². The molecule has 1 aromatic rings. The quantitative estimate of drug-likeness (QED) is 0.706. The number of H-pyrrole nitrogens is 1. The van der Waals surface area contributed by atoms with E-state index >= 15 is 0 Å². The van der Waals surface area contributed by atoms with Crippen molar-refractivity contribution in [2.75, 3.05) is 12.4 Å². The molecule has 0 atom stereocenters. The Bertz CT molecular complexity index is 296. The summed E-state index contributed by atoms with van der Waals surface area (Å²) >= 11 is 0. The van der Waals surface area contributed by atoms with Gasteiger partial charge >= 0.3 is 0 Å². The molecule has 5 heteroatoms. The van der Waals surface area contributed by atoms with Crippen LogP contribution >= 0.6 is 0 Å². The van der Waals surface area contributed by atoms with Gasteiger partial charge in [-0.3, -0.25) is 9.78 Å². The summed E-state index contributed by atoms with van der Waals surface area (Å²) in [6.07, 6.45) is 0. The molecule has 0 spiro atoms. The first-order chi connectivity index (χ1) is 6.72. The lowest BCUT2D eigenvalue weighted by molar-refractivity contribution is -0.0979. The van der Waals surface area contributed by atoms with E-state index < -0.39 is 0 Å².